The molecule has 5 heteroatoms. The quantitative estimate of drug-likeness (QED) is 0.820. The highest BCUT2D eigenvalue weighted by atomic mass is 35.5. The summed E-state index contributed by atoms with van der Waals surface area (Å²) in [5.74, 6) is 1.52. The fourth-order valence-electron chi connectivity index (χ4n) is 3.81. The van der Waals surface area contributed by atoms with Crippen LogP contribution in [-0.2, 0) is 4.79 Å². The van der Waals surface area contributed by atoms with Crippen LogP contribution >= 0.6 is 11.6 Å². The number of amides is 1. The second-order valence-corrected chi connectivity index (χ2v) is 7.39. The number of carbonyl (C=O) groups excluding carboxylic acids is 1. The summed E-state index contributed by atoms with van der Waals surface area (Å²) >= 11 is 6.28. The molecule has 0 bridgehead atoms. The van der Waals surface area contributed by atoms with Crippen LogP contribution in [-0.4, -0.2) is 44.1 Å². The van der Waals surface area contributed by atoms with Gasteiger partial charge in [0, 0.05) is 48.9 Å². The van der Waals surface area contributed by atoms with Crippen molar-refractivity contribution in [2.45, 2.75) is 12.3 Å². The van der Waals surface area contributed by atoms with Gasteiger partial charge in [-0.25, -0.2) is 0 Å². The Kier molecular flexibility index (Phi) is 4.77. The van der Waals surface area contributed by atoms with Crippen molar-refractivity contribution < 1.29 is 9.53 Å². The number of hydrogen-bond acceptors (Lipinski definition) is 3. The summed E-state index contributed by atoms with van der Waals surface area (Å²) in [7, 11) is 1.68. The number of hydrogen-bond donors (Lipinski definition) is 0. The van der Waals surface area contributed by atoms with Gasteiger partial charge in [0.1, 0.15) is 5.75 Å². The Hall–Kier alpha value is -2.20. The predicted octanol–water partition coefficient (Wildman–Crippen LogP) is 3.80. The van der Waals surface area contributed by atoms with Crippen LogP contribution in [0.25, 0.3) is 0 Å². The first-order valence-corrected chi connectivity index (χ1v) is 9.47. The van der Waals surface area contributed by atoms with Gasteiger partial charge in [-0.15, -0.1) is 0 Å². The molecule has 2 aromatic carbocycles. The second-order valence-electron chi connectivity index (χ2n) is 6.98. The van der Waals surface area contributed by atoms with Crippen LogP contribution in [0.3, 0.4) is 0 Å². The lowest BCUT2D eigenvalue weighted by molar-refractivity contribution is -0.132. The molecule has 4 nitrogen and oxygen atoms in total. The average Bonchev–Trinajstić information content (AvgIpc) is 3.48. The highest BCUT2D eigenvalue weighted by molar-refractivity contribution is 6.31. The Morgan fingerprint density at radius 1 is 1.08 bits per heavy atom. The van der Waals surface area contributed by atoms with Gasteiger partial charge in [0.05, 0.1) is 7.11 Å². The van der Waals surface area contributed by atoms with Crippen molar-refractivity contribution in [3.8, 4) is 5.75 Å². The molecule has 2 aliphatic rings. The number of nitrogens with zero attached hydrogens (tertiary/aromatic N) is 2. The molecule has 1 aliphatic heterocycles. The van der Waals surface area contributed by atoms with Crippen molar-refractivity contribution in [3.63, 3.8) is 0 Å². The Bertz CT molecular complexity index is 802. The largest absolute Gasteiger partial charge is 0.497 e. The van der Waals surface area contributed by atoms with Gasteiger partial charge in [-0.3, -0.25) is 4.79 Å². The van der Waals surface area contributed by atoms with Gasteiger partial charge in [0.25, 0.3) is 0 Å². The minimum atomic E-state index is 0.0956. The van der Waals surface area contributed by atoms with Gasteiger partial charge in [0.2, 0.25) is 5.91 Å². The number of halogens is 1. The first kappa shape index (κ1) is 17.2. The lowest BCUT2D eigenvalue weighted by Crippen LogP contribution is -2.49. The summed E-state index contributed by atoms with van der Waals surface area (Å²) < 4.78 is 5.31. The maximum Gasteiger partial charge on any atom is 0.226 e. The second kappa shape index (κ2) is 7.20. The summed E-state index contributed by atoms with van der Waals surface area (Å²) in [5.41, 5.74) is 2.26. The summed E-state index contributed by atoms with van der Waals surface area (Å²) in [6, 6.07) is 16.0. The lowest BCUT2D eigenvalue weighted by Gasteiger charge is -2.36. The fourth-order valence-corrected chi connectivity index (χ4v) is 4.09. The standard InChI is InChI=1S/C21H23ClN2O2/c1-26-16-6-4-5-15(13-16)23-9-11-24(12-10-23)21(25)19-14-18(19)17-7-2-3-8-20(17)22/h2-8,13,18-19H,9-12,14H2,1H3. The Morgan fingerprint density at radius 3 is 2.58 bits per heavy atom. The molecule has 2 unspecified atom stereocenters. The zero-order valence-corrected chi connectivity index (χ0v) is 15.7. The SMILES string of the molecule is COc1cccc(N2CCN(C(=O)C3CC3c3ccccc3Cl)CC2)c1. The van der Waals surface area contributed by atoms with Gasteiger partial charge in [-0.2, -0.15) is 0 Å². The van der Waals surface area contributed by atoms with Crippen molar-refractivity contribution in [2.24, 2.45) is 5.92 Å². The van der Waals surface area contributed by atoms with Crippen molar-refractivity contribution in [1.29, 1.82) is 0 Å². The summed E-state index contributed by atoms with van der Waals surface area (Å²) in [6.07, 6.45) is 0.915. The minimum absolute atomic E-state index is 0.0956. The van der Waals surface area contributed by atoms with E-state index in [4.69, 9.17) is 16.3 Å². The van der Waals surface area contributed by atoms with Crippen molar-refractivity contribution >= 4 is 23.2 Å². The Labute approximate surface area is 159 Å². The van der Waals surface area contributed by atoms with Crippen LogP contribution in [0.4, 0.5) is 5.69 Å². The van der Waals surface area contributed by atoms with Crippen molar-refractivity contribution in [3.05, 3.63) is 59.1 Å². The van der Waals surface area contributed by atoms with Gasteiger partial charge in [0.15, 0.2) is 0 Å². The van der Waals surface area contributed by atoms with Gasteiger partial charge >= 0.3 is 0 Å². The molecule has 1 heterocycles. The summed E-state index contributed by atoms with van der Waals surface area (Å²) in [5, 5.41) is 0.774. The maximum absolute atomic E-state index is 12.8. The van der Waals surface area contributed by atoms with E-state index in [0.717, 1.165) is 54.6 Å². The van der Waals surface area contributed by atoms with E-state index in [1.54, 1.807) is 7.11 Å². The van der Waals surface area contributed by atoms with Gasteiger partial charge in [-0.1, -0.05) is 35.9 Å². The zero-order chi connectivity index (χ0) is 18.1. The molecule has 0 aromatic heterocycles. The molecule has 1 amide bonds. The fraction of sp³-hybridized carbons (Fsp3) is 0.381. The van der Waals surface area contributed by atoms with Gasteiger partial charge < -0.3 is 14.5 Å². The number of ether oxygens (including phenoxy) is 1. The van der Waals surface area contributed by atoms with Gasteiger partial charge in [-0.05, 0) is 36.1 Å². The molecule has 2 fully saturated rings. The molecular formula is C21H23ClN2O2. The molecule has 2 atom stereocenters. The molecule has 1 aliphatic carbocycles. The molecule has 0 radical (unpaired) electrons. The third-order valence-electron chi connectivity index (χ3n) is 5.42. The normalized spacial score (nSPS) is 22.2. The van der Waals surface area contributed by atoms with Crippen molar-refractivity contribution in [2.75, 3.05) is 38.2 Å². The van der Waals surface area contributed by atoms with Crippen LogP contribution in [0.15, 0.2) is 48.5 Å². The molecule has 0 N–H and O–H groups in total. The number of anilines is 1. The van der Waals surface area contributed by atoms with E-state index < -0.39 is 0 Å². The van der Waals surface area contributed by atoms with Crippen LogP contribution in [0, 0.1) is 5.92 Å². The number of methoxy groups -OCH3 is 1. The molecule has 2 aromatic rings. The monoisotopic (exact) mass is 370 g/mol. The summed E-state index contributed by atoms with van der Waals surface area (Å²) in [6.45, 7) is 3.23. The topological polar surface area (TPSA) is 32.8 Å². The van der Waals surface area contributed by atoms with E-state index in [9.17, 15) is 4.79 Å². The predicted molar refractivity (Wildman–Crippen MR) is 104 cm³/mol. The smallest absolute Gasteiger partial charge is 0.226 e. The van der Waals surface area contributed by atoms with Crippen LogP contribution in [0.1, 0.15) is 17.9 Å². The van der Waals surface area contributed by atoms with Crippen molar-refractivity contribution in [1.82, 2.24) is 4.90 Å². The molecule has 1 saturated carbocycles. The number of carbonyl (C=O) groups is 1. The molecule has 0 spiro atoms. The third-order valence-corrected chi connectivity index (χ3v) is 5.77. The first-order valence-electron chi connectivity index (χ1n) is 9.09. The maximum atomic E-state index is 12.8. The van der Waals surface area contributed by atoms with E-state index in [1.807, 2.05) is 47.4 Å². The van der Waals surface area contributed by atoms with E-state index in [2.05, 4.69) is 11.0 Å². The minimum Gasteiger partial charge on any atom is -0.497 e. The Morgan fingerprint density at radius 2 is 1.85 bits per heavy atom. The number of benzene rings is 2. The molecule has 136 valence electrons. The lowest BCUT2D eigenvalue weighted by atomic mass is 10.1. The zero-order valence-electron chi connectivity index (χ0n) is 14.9. The van der Waals surface area contributed by atoms with Crippen LogP contribution in [0.2, 0.25) is 5.02 Å². The first-order chi connectivity index (χ1) is 12.7. The molecule has 4 rings (SSSR count). The molecule has 1 saturated heterocycles. The molecule has 26 heavy (non-hydrogen) atoms. The highest BCUT2D eigenvalue weighted by Gasteiger charge is 2.46. The number of piperazine rings is 1. The average molecular weight is 371 g/mol. The number of rotatable bonds is 4. The van der Waals surface area contributed by atoms with E-state index in [1.165, 1.54) is 0 Å². The van der Waals surface area contributed by atoms with Crippen LogP contribution in [0.5, 0.6) is 5.75 Å². The Balaban J connectivity index is 1.35. The molecular weight excluding hydrogens is 348 g/mol. The van der Waals surface area contributed by atoms with E-state index >= 15 is 0 Å². The van der Waals surface area contributed by atoms with E-state index in [-0.39, 0.29) is 17.7 Å². The third kappa shape index (κ3) is 3.38. The summed E-state index contributed by atoms with van der Waals surface area (Å²) in [4.78, 5) is 17.2. The van der Waals surface area contributed by atoms with E-state index in [0.29, 0.717) is 0 Å². The van der Waals surface area contributed by atoms with Crippen LogP contribution < -0.4 is 9.64 Å². The highest BCUT2D eigenvalue weighted by Crippen LogP contribution is 2.50.